The van der Waals surface area contributed by atoms with Crippen LogP contribution in [-0.4, -0.2) is 48.2 Å². The van der Waals surface area contributed by atoms with E-state index in [0.29, 0.717) is 17.0 Å². The summed E-state index contributed by atoms with van der Waals surface area (Å²) in [6.45, 7) is 3.65. The van der Waals surface area contributed by atoms with Crippen molar-refractivity contribution in [3.05, 3.63) is 71.8 Å². The van der Waals surface area contributed by atoms with Crippen molar-refractivity contribution in [2.24, 2.45) is 0 Å². The zero-order valence-corrected chi connectivity index (χ0v) is 14.7. The molecule has 1 aliphatic rings. The maximum Gasteiger partial charge on any atom is 0.171 e. The Morgan fingerprint density at radius 1 is 1.08 bits per heavy atom. The van der Waals surface area contributed by atoms with Crippen molar-refractivity contribution in [3.63, 3.8) is 0 Å². The minimum atomic E-state index is -1.36. The van der Waals surface area contributed by atoms with Crippen molar-refractivity contribution in [2.75, 3.05) is 13.1 Å². The minimum Gasteiger partial charge on any atom is -0.378 e. The number of rotatable bonds is 5. The average molecular weight is 350 g/mol. The average Bonchev–Trinajstić information content (AvgIpc) is 3.36. The number of likely N-dealkylation sites (tertiary alicyclic amines) is 1. The van der Waals surface area contributed by atoms with Crippen LogP contribution < -0.4 is 0 Å². The maximum atomic E-state index is 12.1. The van der Waals surface area contributed by atoms with Crippen LogP contribution >= 0.6 is 0 Å². The standard InChI is InChI=1S/C19H22N6O/c1-14-22-18(24-23-14)17(25-10-2-3-11-25)19(26,15-6-4-8-20-12-15)16-7-5-9-21-13-16/h4-9,12-13,17,26H,2-3,10-11H2,1H3,(H,22,23,24). The van der Waals surface area contributed by atoms with Gasteiger partial charge in [0, 0.05) is 35.9 Å². The van der Waals surface area contributed by atoms with E-state index in [9.17, 15) is 5.11 Å². The number of nitrogens with one attached hydrogen (secondary N) is 1. The van der Waals surface area contributed by atoms with Crippen LogP contribution in [0.2, 0.25) is 0 Å². The number of aromatic nitrogens is 5. The van der Waals surface area contributed by atoms with Gasteiger partial charge in [0.05, 0.1) is 0 Å². The van der Waals surface area contributed by atoms with Crippen molar-refractivity contribution in [1.29, 1.82) is 0 Å². The molecule has 0 aliphatic carbocycles. The lowest BCUT2D eigenvalue weighted by Gasteiger charge is -2.40. The van der Waals surface area contributed by atoms with Crippen LogP contribution in [0.15, 0.2) is 49.1 Å². The van der Waals surface area contributed by atoms with Crippen molar-refractivity contribution < 1.29 is 5.11 Å². The first-order chi connectivity index (χ1) is 12.7. The molecule has 0 spiro atoms. The Morgan fingerprint density at radius 2 is 1.69 bits per heavy atom. The van der Waals surface area contributed by atoms with Gasteiger partial charge in [-0.15, -0.1) is 0 Å². The number of hydrogen-bond donors (Lipinski definition) is 2. The van der Waals surface area contributed by atoms with Crippen molar-refractivity contribution in [1.82, 2.24) is 30.0 Å². The van der Waals surface area contributed by atoms with Crippen molar-refractivity contribution in [2.45, 2.75) is 31.4 Å². The molecule has 134 valence electrons. The third-order valence-electron chi connectivity index (χ3n) is 4.96. The zero-order valence-electron chi connectivity index (χ0n) is 14.7. The summed E-state index contributed by atoms with van der Waals surface area (Å²) in [4.78, 5) is 15.3. The fraction of sp³-hybridized carbons (Fsp3) is 0.368. The molecule has 1 aliphatic heterocycles. The van der Waals surface area contributed by atoms with Crippen LogP contribution in [0.1, 0.15) is 41.7 Å². The van der Waals surface area contributed by atoms with Gasteiger partial charge < -0.3 is 5.11 Å². The smallest absolute Gasteiger partial charge is 0.171 e. The number of aliphatic hydroxyl groups is 1. The fourth-order valence-electron chi connectivity index (χ4n) is 3.76. The molecule has 3 aromatic rings. The Balaban J connectivity index is 1.92. The summed E-state index contributed by atoms with van der Waals surface area (Å²) in [6.07, 6.45) is 9.00. The summed E-state index contributed by atoms with van der Waals surface area (Å²) in [5.41, 5.74) is 0.0429. The molecule has 0 bridgehead atoms. The Morgan fingerprint density at radius 3 is 2.15 bits per heavy atom. The van der Waals surface area contributed by atoms with Crippen LogP contribution in [0.4, 0.5) is 0 Å². The number of aryl methyl sites for hydroxylation is 1. The molecule has 7 nitrogen and oxygen atoms in total. The molecule has 2 N–H and O–H groups in total. The van der Waals surface area contributed by atoms with Crippen LogP contribution in [-0.2, 0) is 5.60 Å². The van der Waals surface area contributed by atoms with Gasteiger partial charge in [0.25, 0.3) is 0 Å². The van der Waals surface area contributed by atoms with Gasteiger partial charge in [-0.2, -0.15) is 5.10 Å². The summed E-state index contributed by atoms with van der Waals surface area (Å²) in [5.74, 6) is 1.31. The third kappa shape index (κ3) is 2.89. The molecule has 1 unspecified atom stereocenters. The molecule has 4 heterocycles. The van der Waals surface area contributed by atoms with E-state index in [-0.39, 0.29) is 0 Å². The molecular weight excluding hydrogens is 328 g/mol. The van der Waals surface area contributed by atoms with Gasteiger partial charge in [0.15, 0.2) is 5.82 Å². The Labute approximate surface area is 152 Å². The van der Waals surface area contributed by atoms with Gasteiger partial charge in [0.2, 0.25) is 0 Å². The van der Waals surface area contributed by atoms with E-state index in [0.717, 1.165) is 31.8 Å². The van der Waals surface area contributed by atoms with Crippen LogP contribution in [0.25, 0.3) is 0 Å². The van der Waals surface area contributed by atoms with Gasteiger partial charge >= 0.3 is 0 Å². The van der Waals surface area contributed by atoms with Gasteiger partial charge in [-0.25, -0.2) is 4.98 Å². The number of hydrogen-bond acceptors (Lipinski definition) is 6. The van der Waals surface area contributed by atoms with Gasteiger partial charge in [-0.3, -0.25) is 20.0 Å². The molecule has 7 heteroatoms. The van der Waals surface area contributed by atoms with Gasteiger partial charge in [-0.1, -0.05) is 12.1 Å². The van der Waals surface area contributed by atoms with Crippen molar-refractivity contribution >= 4 is 0 Å². The first-order valence-corrected chi connectivity index (χ1v) is 8.86. The number of aromatic amines is 1. The van der Waals surface area contributed by atoms with E-state index in [1.54, 1.807) is 24.8 Å². The van der Waals surface area contributed by atoms with E-state index in [1.807, 2.05) is 31.2 Å². The highest BCUT2D eigenvalue weighted by Crippen LogP contribution is 2.44. The monoisotopic (exact) mass is 350 g/mol. The lowest BCUT2D eigenvalue weighted by Crippen LogP contribution is -2.45. The minimum absolute atomic E-state index is 0.427. The Hall–Kier alpha value is -2.64. The Bertz CT molecular complexity index is 805. The Kier molecular flexibility index (Phi) is 4.48. The molecule has 3 aromatic heterocycles. The molecule has 1 fully saturated rings. The molecule has 0 amide bonds. The van der Waals surface area contributed by atoms with E-state index in [2.05, 4.69) is 30.0 Å². The topological polar surface area (TPSA) is 90.8 Å². The molecule has 0 radical (unpaired) electrons. The molecular formula is C19H22N6O. The molecule has 26 heavy (non-hydrogen) atoms. The summed E-state index contributed by atoms with van der Waals surface area (Å²) in [7, 11) is 0. The molecule has 0 aromatic carbocycles. The van der Waals surface area contributed by atoms with E-state index < -0.39 is 11.6 Å². The zero-order chi connectivity index (χ0) is 18.0. The largest absolute Gasteiger partial charge is 0.378 e. The molecule has 1 saturated heterocycles. The number of nitrogens with zero attached hydrogens (tertiary/aromatic N) is 5. The summed E-state index contributed by atoms with van der Waals surface area (Å²) in [5, 5.41) is 19.4. The van der Waals surface area contributed by atoms with E-state index in [1.165, 1.54) is 0 Å². The van der Waals surface area contributed by atoms with Gasteiger partial charge in [-0.05, 0) is 45.0 Å². The number of pyridine rings is 2. The van der Waals surface area contributed by atoms with Gasteiger partial charge in [0.1, 0.15) is 17.5 Å². The van der Waals surface area contributed by atoms with Crippen LogP contribution in [0, 0.1) is 6.92 Å². The quantitative estimate of drug-likeness (QED) is 0.731. The highest BCUT2D eigenvalue weighted by molar-refractivity contribution is 5.37. The van der Waals surface area contributed by atoms with Crippen LogP contribution in [0.3, 0.4) is 0 Å². The normalized spacial score (nSPS) is 16.7. The molecule has 4 rings (SSSR count). The second-order valence-electron chi connectivity index (χ2n) is 6.67. The fourth-order valence-corrected chi connectivity index (χ4v) is 3.76. The second kappa shape index (κ2) is 6.93. The second-order valence-corrected chi connectivity index (χ2v) is 6.67. The summed E-state index contributed by atoms with van der Waals surface area (Å²) >= 11 is 0. The lowest BCUT2D eigenvalue weighted by molar-refractivity contribution is -0.0190. The number of H-pyrrole nitrogens is 1. The van der Waals surface area contributed by atoms with Crippen molar-refractivity contribution in [3.8, 4) is 0 Å². The highest BCUT2D eigenvalue weighted by atomic mass is 16.3. The third-order valence-corrected chi connectivity index (χ3v) is 4.96. The summed E-state index contributed by atoms with van der Waals surface area (Å²) in [6, 6.07) is 7.02. The SMILES string of the molecule is Cc1nc(C(N2CCCC2)C(O)(c2cccnc2)c2cccnc2)n[nH]1. The predicted molar refractivity (Wildman–Crippen MR) is 96.1 cm³/mol. The first-order valence-electron chi connectivity index (χ1n) is 8.86. The maximum absolute atomic E-state index is 12.1. The summed E-state index contributed by atoms with van der Waals surface area (Å²) < 4.78 is 0. The molecule has 0 saturated carbocycles. The lowest BCUT2D eigenvalue weighted by atomic mass is 9.80. The van der Waals surface area contributed by atoms with E-state index >= 15 is 0 Å². The van der Waals surface area contributed by atoms with Crippen LogP contribution in [0.5, 0.6) is 0 Å². The molecule has 1 atom stereocenters. The predicted octanol–water partition coefficient (Wildman–Crippen LogP) is 1.98. The van der Waals surface area contributed by atoms with E-state index in [4.69, 9.17) is 0 Å². The first kappa shape index (κ1) is 16.8. The highest BCUT2D eigenvalue weighted by Gasteiger charge is 2.47.